The first-order valence-electron chi connectivity index (χ1n) is 5.99. The van der Waals surface area contributed by atoms with Gasteiger partial charge in [0.05, 0.1) is 12.0 Å². The van der Waals surface area contributed by atoms with Crippen molar-refractivity contribution in [1.82, 2.24) is 15.0 Å². The number of nitrogens with one attached hydrogen (secondary N) is 2. The van der Waals surface area contributed by atoms with Gasteiger partial charge < -0.3 is 10.3 Å². The van der Waals surface area contributed by atoms with Crippen LogP contribution >= 0.6 is 11.3 Å². The van der Waals surface area contributed by atoms with E-state index in [0.29, 0.717) is 12.2 Å². The van der Waals surface area contributed by atoms with Crippen LogP contribution in [0, 0.1) is 6.92 Å². The van der Waals surface area contributed by atoms with Crippen LogP contribution in [0.15, 0.2) is 10.2 Å². The maximum absolute atomic E-state index is 11.9. The molecule has 0 radical (unpaired) electrons. The molecule has 0 spiro atoms. The molecule has 0 atom stereocenters. The summed E-state index contributed by atoms with van der Waals surface area (Å²) >= 11 is 1.59. The summed E-state index contributed by atoms with van der Waals surface area (Å²) in [6.07, 6.45) is 2.38. The summed E-state index contributed by atoms with van der Waals surface area (Å²) in [7, 11) is 0. The van der Waals surface area contributed by atoms with E-state index >= 15 is 0 Å². The number of aromatic amines is 1. The van der Waals surface area contributed by atoms with E-state index < -0.39 is 0 Å². The van der Waals surface area contributed by atoms with Crippen molar-refractivity contribution in [3.8, 4) is 0 Å². The van der Waals surface area contributed by atoms with E-state index in [2.05, 4.69) is 20.3 Å². The topological polar surface area (TPSA) is 70.7 Å². The molecule has 5 nitrogen and oxygen atoms in total. The molecule has 0 bridgehead atoms. The van der Waals surface area contributed by atoms with Gasteiger partial charge in [-0.1, -0.05) is 0 Å². The van der Waals surface area contributed by atoms with E-state index in [4.69, 9.17) is 0 Å². The van der Waals surface area contributed by atoms with Crippen LogP contribution in [-0.2, 0) is 12.8 Å². The van der Waals surface area contributed by atoms with Crippen molar-refractivity contribution in [2.45, 2.75) is 26.2 Å². The quantitative estimate of drug-likeness (QED) is 0.860. The maximum Gasteiger partial charge on any atom is 0.256 e. The summed E-state index contributed by atoms with van der Waals surface area (Å²) in [5.41, 5.74) is 1.77. The molecule has 1 aliphatic rings. The maximum atomic E-state index is 11.9. The molecule has 0 aliphatic carbocycles. The van der Waals surface area contributed by atoms with Crippen LogP contribution in [0.5, 0.6) is 0 Å². The highest BCUT2D eigenvalue weighted by atomic mass is 32.1. The second kappa shape index (κ2) is 4.53. The lowest BCUT2D eigenvalue weighted by Gasteiger charge is -2.16. The van der Waals surface area contributed by atoms with E-state index in [-0.39, 0.29) is 5.56 Å². The van der Waals surface area contributed by atoms with Gasteiger partial charge >= 0.3 is 0 Å². The number of H-pyrrole nitrogens is 1. The zero-order valence-electron chi connectivity index (χ0n) is 10.1. The second-order valence-corrected chi connectivity index (χ2v) is 5.37. The number of anilines is 1. The van der Waals surface area contributed by atoms with Gasteiger partial charge in [-0.3, -0.25) is 4.79 Å². The monoisotopic (exact) mass is 262 g/mol. The molecular formula is C12H14N4OS. The Morgan fingerprint density at radius 1 is 1.44 bits per heavy atom. The Kier molecular flexibility index (Phi) is 2.87. The van der Waals surface area contributed by atoms with Crippen molar-refractivity contribution in [1.29, 1.82) is 0 Å². The molecule has 0 fully saturated rings. The van der Waals surface area contributed by atoms with Gasteiger partial charge in [0.25, 0.3) is 5.56 Å². The van der Waals surface area contributed by atoms with Crippen molar-refractivity contribution in [3.63, 3.8) is 0 Å². The zero-order chi connectivity index (χ0) is 12.5. The third-order valence-electron chi connectivity index (χ3n) is 2.95. The predicted molar refractivity (Wildman–Crippen MR) is 71.3 cm³/mol. The normalized spacial score (nSPS) is 14.1. The molecule has 0 saturated carbocycles. The van der Waals surface area contributed by atoms with Gasteiger partial charge in [-0.2, -0.15) is 0 Å². The minimum Gasteiger partial charge on any atom is -0.370 e. The highest BCUT2D eigenvalue weighted by Crippen LogP contribution is 2.17. The molecule has 0 aromatic carbocycles. The molecule has 2 aromatic heterocycles. The molecule has 6 heteroatoms. The predicted octanol–water partition coefficient (Wildman–Crippen LogP) is 1.48. The first kappa shape index (κ1) is 11.4. The number of thiazole rings is 1. The lowest BCUT2D eigenvalue weighted by atomic mass is 10.1. The smallest absolute Gasteiger partial charge is 0.256 e. The largest absolute Gasteiger partial charge is 0.370 e. The summed E-state index contributed by atoms with van der Waals surface area (Å²) in [6, 6.07) is 0. The van der Waals surface area contributed by atoms with Crippen molar-refractivity contribution >= 4 is 17.2 Å². The van der Waals surface area contributed by atoms with Gasteiger partial charge in [-0.05, 0) is 19.8 Å². The summed E-state index contributed by atoms with van der Waals surface area (Å²) < 4.78 is 0. The molecule has 2 aromatic rings. The van der Waals surface area contributed by atoms with Crippen LogP contribution in [0.25, 0.3) is 0 Å². The van der Waals surface area contributed by atoms with Crippen LogP contribution in [-0.4, -0.2) is 21.5 Å². The van der Waals surface area contributed by atoms with Gasteiger partial charge in [0.1, 0.15) is 16.6 Å². The Morgan fingerprint density at radius 2 is 2.33 bits per heavy atom. The molecule has 18 heavy (non-hydrogen) atoms. The number of rotatable bonds is 2. The SMILES string of the molecule is Cc1csc(Cc2nc3c(c(=O)[nH]2)CCCN3)n1. The lowest BCUT2D eigenvalue weighted by Crippen LogP contribution is -2.25. The molecule has 0 amide bonds. The fourth-order valence-electron chi connectivity index (χ4n) is 2.11. The highest BCUT2D eigenvalue weighted by molar-refractivity contribution is 7.09. The van der Waals surface area contributed by atoms with E-state index in [1.54, 1.807) is 11.3 Å². The minimum absolute atomic E-state index is 0.0181. The zero-order valence-corrected chi connectivity index (χ0v) is 10.9. The first-order chi connectivity index (χ1) is 8.72. The fraction of sp³-hybridized carbons (Fsp3) is 0.417. The summed E-state index contributed by atoms with van der Waals surface area (Å²) in [6.45, 7) is 2.85. The first-order valence-corrected chi connectivity index (χ1v) is 6.87. The van der Waals surface area contributed by atoms with Gasteiger partial charge in [-0.25, -0.2) is 9.97 Å². The van der Waals surface area contributed by atoms with Crippen LogP contribution in [0.4, 0.5) is 5.82 Å². The average molecular weight is 262 g/mol. The Bertz CT molecular complexity index is 631. The van der Waals surface area contributed by atoms with Crippen molar-refractivity contribution in [2.24, 2.45) is 0 Å². The summed E-state index contributed by atoms with van der Waals surface area (Å²) in [5.74, 6) is 1.43. The molecule has 3 heterocycles. The minimum atomic E-state index is -0.0181. The average Bonchev–Trinajstić information content (AvgIpc) is 2.75. The van der Waals surface area contributed by atoms with Crippen LogP contribution in [0.2, 0.25) is 0 Å². The van der Waals surface area contributed by atoms with E-state index in [1.807, 2.05) is 12.3 Å². The highest BCUT2D eigenvalue weighted by Gasteiger charge is 2.15. The Morgan fingerprint density at radius 3 is 3.11 bits per heavy atom. The van der Waals surface area contributed by atoms with Crippen molar-refractivity contribution in [2.75, 3.05) is 11.9 Å². The van der Waals surface area contributed by atoms with Crippen LogP contribution in [0.1, 0.15) is 28.5 Å². The van der Waals surface area contributed by atoms with E-state index in [1.165, 1.54) is 0 Å². The second-order valence-electron chi connectivity index (χ2n) is 4.43. The Labute approximate surface area is 108 Å². The lowest BCUT2D eigenvalue weighted by molar-refractivity contribution is 0.783. The number of aromatic nitrogens is 3. The van der Waals surface area contributed by atoms with Gasteiger partial charge in [0, 0.05) is 17.6 Å². The van der Waals surface area contributed by atoms with Crippen LogP contribution in [0.3, 0.4) is 0 Å². The molecule has 0 unspecified atom stereocenters. The molecular weight excluding hydrogens is 248 g/mol. The third kappa shape index (κ3) is 2.15. The molecule has 1 aliphatic heterocycles. The van der Waals surface area contributed by atoms with Crippen LogP contribution < -0.4 is 10.9 Å². The number of nitrogens with zero attached hydrogens (tertiary/aromatic N) is 2. The molecule has 94 valence electrons. The van der Waals surface area contributed by atoms with Gasteiger partial charge in [0.2, 0.25) is 0 Å². The number of aryl methyl sites for hydroxylation is 1. The van der Waals surface area contributed by atoms with E-state index in [9.17, 15) is 4.79 Å². The number of hydrogen-bond acceptors (Lipinski definition) is 5. The fourth-order valence-corrected chi connectivity index (χ4v) is 2.88. The molecule has 2 N–H and O–H groups in total. The van der Waals surface area contributed by atoms with Crippen molar-refractivity contribution in [3.05, 3.63) is 37.8 Å². The van der Waals surface area contributed by atoms with Gasteiger partial charge in [-0.15, -0.1) is 11.3 Å². The Balaban J connectivity index is 1.93. The summed E-state index contributed by atoms with van der Waals surface area (Å²) in [4.78, 5) is 23.6. The number of hydrogen-bond donors (Lipinski definition) is 2. The van der Waals surface area contributed by atoms with Gasteiger partial charge in [0.15, 0.2) is 0 Å². The molecule has 3 rings (SSSR count). The summed E-state index contributed by atoms with van der Waals surface area (Å²) in [5, 5.41) is 6.17. The molecule has 0 saturated heterocycles. The Hall–Kier alpha value is -1.69. The number of fused-ring (bicyclic) bond motifs is 1. The standard InChI is InChI=1S/C12H14N4OS/c1-7-6-18-10(14-7)5-9-15-11-8(12(17)16-9)3-2-4-13-11/h6H,2-5H2,1H3,(H2,13,15,16,17). The van der Waals surface area contributed by atoms with E-state index in [0.717, 1.165) is 41.5 Å². The third-order valence-corrected chi connectivity index (χ3v) is 3.91. The van der Waals surface area contributed by atoms with Crippen molar-refractivity contribution < 1.29 is 0 Å².